The SMILES string of the molecule is CC.c1ccc(-c2nc(-c3ccccc3)nc(-c3c4ccccc4c(-c4cc5ccc6ccccc6c5c5ccccc45)c4ccccc34)n2)cc1. The lowest BCUT2D eigenvalue weighted by Crippen LogP contribution is -2.01. The molecule has 0 spiro atoms. The fourth-order valence-corrected chi connectivity index (χ4v) is 7.67. The molecule has 0 aliphatic rings. The molecule has 0 saturated carbocycles. The summed E-state index contributed by atoms with van der Waals surface area (Å²) >= 11 is 0. The zero-order chi connectivity index (χ0) is 35.0. The molecule has 52 heavy (non-hydrogen) atoms. The first-order valence-corrected chi connectivity index (χ1v) is 18.0. The predicted octanol–water partition coefficient (Wildman–Crippen LogP) is 13.3. The van der Waals surface area contributed by atoms with Crippen molar-refractivity contribution in [2.45, 2.75) is 13.8 Å². The van der Waals surface area contributed by atoms with Crippen LogP contribution < -0.4 is 0 Å². The first kappa shape index (κ1) is 31.3. The normalized spacial score (nSPS) is 11.3. The molecule has 0 saturated heterocycles. The molecule has 3 nitrogen and oxygen atoms in total. The van der Waals surface area contributed by atoms with Gasteiger partial charge in [-0.1, -0.05) is 184 Å². The zero-order valence-electron chi connectivity index (χ0n) is 29.1. The highest BCUT2D eigenvalue weighted by molar-refractivity contribution is 6.28. The third-order valence-corrected chi connectivity index (χ3v) is 9.87. The smallest absolute Gasteiger partial charge is 0.165 e. The van der Waals surface area contributed by atoms with Gasteiger partial charge in [0.25, 0.3) is 0 Å². The van der Waals surface area contributed by atoms with E-state index in [0.717, 1.165) is 38.2 Å². The van der Waals surface area contributed by atoms with Crippen molar-refractivity contribution in [3.05, 3.63) is 176 Å². The van der Waals surface area contributed by atoms with Gasteiger partial charge < -0.3 is 0 Å². The van der Waals surface area contributed by atoms with Crippen LogP contribution in [0.3, 0.4) is 0 Å². The number of aromatic nitrogens is 3. The first-order chi connectivity index (χ1) is 25.8. The molecule has 0 bridgehead atoms. The van der Waals surface area contributed by atoms with Crippen LogP contribution in [-0.4, -0.2) is 15.0 Å². The minimum Gasteiger partial charge on any atom is -0.208 e. The second-order valence-corrected chi connectivity index (χ2v) is 12.7. The maximum atomic E-state index is 5.20. The molecule has 0 radical (unpaired) electrons. The van der Waals surface area contributed by atoms with E-state index in [1.54, 1.807) is 0 Å². The molecule has 0 amide bonds. The van der Waals surface area contributed by atoms with Gasteiger partial charge in [0, 0.05) is 16.7 Å². The monoisotopic (exact) mass is 665 g/mol. The van der Waals surface area contributed by atoms with E-state index in [1.165, 1.54) is 43.4 Å². The fraction of sp³-hybridized carbons (Fsp3) is 0.0408. The Labute approximate surface area is 302 Å². The summed E-state index contributed by atoms with van der Waals surface area (Å²) in [6.45, 7) is 4.00. The number of hydrogen-bond acceptors (Lipinski definition) is 3. The summed E-state index contributed by atoms with van der Waals surface area (Å²) in [5.74, 6) is 1.96. The van der Waals surface area contributed by atoms with Crippen molar-refractivity contribution in [1.29, 1.82) is 0 Å². The van der Waals surface area contributed by atoms with Crippen molar-refractivity contribution in [3.8, 4) is 45.3 Å². The van der Waals surface area contributed by atoms with E-state index in [2.05, 4.69) is 140 Å². The molecule has 0 fully saturated rings. The van der Waals surface area contributed by atoms with Crippen molar-refractivity contribution >= 4 is 53.9 Å². The van der Waals surface area contributed by atoms with E-state index in [-0.39, 0.29) is 0 Å². The van der Waals surface area contributed by atoms with Gasteiger partial charge in [-0.25, -0.2) is 15.0 Å². The minimum absolute atomic E-state index is 0.652. The van der Waals surface area contributed by atoms with Crippen LogP contribution in [0, 0.1) is 0 Å². The van der Waals surface area contributed by atoms with Crippen molar-refractivity contribution in [2.24, 2.45) is 0 Å². The molecule has 10 aromatic rings. The number of rotatable bonds is 4. The van der Waals surface area contributed by atoms with E-state index < -0.39 is 0 Å². The van der Waals surface area contributed by atoms with Gasteiger partial charge >= 0.3 is 0 Å². The molecule has 0 aliphatic carbocycles. The Morgan fingerprint density at radius 2 is 0.712 bits per heavy atom. The molecule has 0 atom stereocenters. The standard InChI is InChI=1S/C47H29N3.C2H6/c1-3-16-31(17-4-1)45-48-46(32-18-5-2-6-19-32)50-47(49-45)44-39-25-13-11-23-37(39)43(38-24-12-14-26-40(38)44)41-29-33-28-27-30-15-7-8-20-34(30)42(33)36-22-10-9-21-35(36)41;1-2/h1-29H;1-2H3. The lowest BCUT2D eigenvalue weighted by molar-refractivity contribution is 1.08. The molecular weight excluding hydrogens is 631 g/mol. The van der Waals surface area contributed by atoms with Crippen molar-refractivity contribution in [1.82, 2.24) is 15.0 Å². The molecule has 0 N–H and O–H groups in total. The van der Waals surface area contributed by atoms with Crippen molar-refractivity contribution < 1.29 is 0 Å². The van der Waals surface area contributed by atoms with Crippen LogP contribution in [0.25, 0.3) is 99.2 Å². The Kier molecular flexibility index (Phi) is 7.94. The largest absolute Gasteiger partial charge is 0.208 e. The summed E-state index contributed by atoms with van der Waals surface area (Å²) in [5, 5.41) is 12.1. The van der Waals surface area contributed by atoms with Crippen molar-refractivity contribution in [2.75, 3.05) is 0 Å². The summed E-state index contributed by atoms with van der Waals surface area (Å²) in [6, 6.07) is 62.2. The van der Waals surface area contributed by atoms with Gasteiger partial charge in [-0.2, -0.15) is 0 Å². The summed E-state index contributed by atoms with van der Waals surface area (Å²) in [6.07, 6.45) is 0. The number of benzene rings is 9. The van der Waals surface area contributed by atoms with Gasteiger partial charge in [-0.05, 0) is 71.1 Å². The Morgan fingerprint density at radius 3 is 1.27 bits per heavy atom. The fourth-order valence-electron chi connectivity index (χ4n) is 7.67. The third kappa shape index (κ3) is 5.18. The Bertz CT molecular complexity index is 2800. The average molecular weight is 666 g/mol. The second kappa shape index (κ2) is 13.2. The minimum atomic E-state index is 0.652. The highest BCUT2D eigenvalue weighted by atomic mass is 15.0. The van der Waals surface area contributed by atoms with Crippen LogP contribution in [0.5, 0.6) is 0 Å². The molecule has 10 rings (SSSR count). The number of fused-ring (bicyclic) bond motifs is 7. The van der Waals surface area contributed by atoms with Crippen LogP contribution in [0.15, 0.2) is 176 Å². The molecule has 1 aromatic heterocycles. The summed E-state index contributed by atoms with van der Waals surface area (Å²) in [5.41, 5.74) is 5.34. The van der Waals surface area contributed by atoms with E-state index in [4.69, 9.17) is 15.0 Å². The predicted molar refractivity (Wildman–Crippen MR) is 220 cm³/mol. The Morgan fingerprint density at radius 1 is 0.308 bits per heavy atom. The summed E-state index contributed by atoms with van der Waals surface area (Å²) in [7, 11) is 0. The van der Waals surface area contributed by atoms with Gasteiger partial charge in [0.05, 0.1) is 0 Å². The van der Waals surface area contributed by atoms with Crippen LogP contribution in [-0.2, 0) is 0 Å². The topological polar surface area (TPSA) is 38.7 Å². The Balaban J connectivity index is 0.00000177. The van der Waals surface area contributed by atoms with Gasteiger partial charge in [0.15, 0.2) is 17.5 Å². The van der Waals surface area contributed by atoms with Crippen molar-refractivity contribution in [3.63, 3.8) is 0 Å². The molecule has 1 heterocycles. The molecule has 3 heteroatoms. The van der Waals surface area contributed by atoms with Crippen LogP contribution in [0.1, 0.15) is 13.8 Å². The van der Waals surface area contributed by atoms with E-state index >= 15 is 0 Å². The highest BCUT2D eigenvalue weighted by Gasteiger charge is 2.22. The number of hydrogen-bond donors (Lipinski definition) is 0. The van der Waals surface area contributed by atoms with E-state index in [0.29, 0.717) is 17.5 Å². The molecule has 0 unspecified atom stereocenters. The van der Waals surface area contributed by atoms with Gasteiger partial charge in [-0.15, -0.1) is 0 Å². The van der Waals surface area contributed by atoms with Crippen LogP contribution >= 0.6 is 0 Å². The highest BCUT2D eigenvalue weighted by Crippen LogP contribution is 2.47. The molecule has 246 valence electrons. The third-order valence-electron chi connectivity index (χ3n) is 9.87. The second-order valence-electron chi connectivity index (χ2n) is 12.7. The van der Waals surface area contributed by atoms with Gasteiger partial charge in [-0.3, -0.25) is 0 Å². The molecule has 9 aromatic carbocycles. The molecule has 0 aliphatic heterocycles. The Hall–Kier alpha value is -6.71. The summed E-state index contributed by atoms with van der Waals surface area (Å²) in [4.78, 5) is 15.4. The van der Waals surface area contributed by atoms with E-state index in [1.807, 2.05) is 50.2 Å². The molecular formula is C49H35N3. The quantitative estimate of drug-likeness (QED) is 0.139. The first-order valence-electron chi connectivity index (χ1n) is 18.0. The maximum absolute atomic E-state index is 5.20. The maximum Gasteiger partial charge on any atom is 0.165 e. The summed E-state index contributed by atoms with van der Waals surface area (Å²) < 4.78 is 0. The lowest BCUT2D eigenvalue weighted by atomic mass is 9.84. The van der Waals surface area contributed by atoms with Gasteiger partial charge in [0.2, 0.25) is 0 Å². The van der Waals surface area contributed by atoms with Gasteiger partial charge in [0.1, 0.15) is 0 Å². The van der Waals surface area contributed by atoms with Crippen LogP contribution in [0.4, 0.5) is 0 Å². The zero-order valence-corrected chi connectivity index (χ0v) is 29.1. The lowest BCUT2D eigenvalue weighted by Gasteiger charge is -2.19. The number of nitrogens with zero attached hydrogens (tertiary/aromatic N) is 3. The van der Waals surface area contributed by atoms with E-state index in [9.17, 15) is 0 Å². The van der Waals surface area contributed by atoms with Crippen LogP contribution in [0.2, 0.25) is 0 Å². The average Bonchev–Trinajstić information content (AvgIpc) is 3.23.